The first-order valence-corrected chi connectivity index (χ1v) is 18.0. The molecule has 6 rings (SSSR count). The van der Waals surface area contributed by atoms with Gasteiger partial charge in [-0.25, -0.2) is 13.4 Å². The quantitative estimate of drug-likeness (QED) is 0.448. The van der Waals surface area contributed by atoms with Crippen LogP contribution in [0.1, 0.15) is 71.6 Å². The number of benzene rings is 1. The molecular formula is C34H44N4O7S. The van der Waals surface area contributed by atoms with Gasteiger partial charge in [0.15, 0.2) is 0 Å². The van der Waals surface area contributed by atoms with E-state index in [4.69, 9.17) is 9.47 Å². The first-order chi connectivity index (χ1) is 22.0. The average Bonchev–Trinajstić information content (AvgIpc) is 3.50. The Hall–Kier alpha value is -3.67. The number of rotatable bonds is 6. The fourth-order valence-corrected chi connectivity index (χ4v) is 8.74. The molecule has 12 heteroatoms. The number of sulfonamides is 1. The molecule has 6 atom stereocenters. The minimum Gasteiger partial charge on any atom is -0.494 e. The van der Waals surface area contributed by atoms with Crippen LogP contribution in [-0.2, 0) is 24.4 Å². The molecule has 248 valence electrons. The highest BCUT2D eigenvalue weighted by atomic mass is 32.2. The van der Waals surface area contributed by atoms with Gasteiger partial charge in [-0.15, -0.1) is 0 Å². The van der Waals surface area contributed by atoms with Crippen molar-refractivity contribution in [3.05, 3.63) is 42.6 Å². The monoisotopic (exact) mass is 652 g/mol. The molecule has 1 unspecified atom stereocenters. The predicted molar refractivity (Wildman–Crippen MR) is 172 cm³/mol. The van der Waals surface area contributed by atoms with E-state index in [9.17, 15) is 22.8 Å². The predicted octanol–water partition coefficient (Wildman–Crippen LogP) is 3.87. The Kier molecular flexibility index (Phi) is 9.02. The van der Waals surface area contributed by atoms with Crippen LogP contribution in [-0.4, -0.2) is 72.6 Å². The van der Waals surface area contributed by atoms with Crippen LogP contribution in [0.2, 0.25) is 0 Å². The second kappa shape index (κ2) is 12.8. The van der Waals surface area contributed by atoms with Crippen molar-refractivity contribution in [1.82, 2.24) is 19.9 Å². The Balaban J connectivity index is 1.28. The molecule has 0 bridgehead atoms. The van der Waals surface area contributed by atoms with Gasteiger partial charge in [0.2, 0.25) is 27.7 Å². The lowest BCUT2D eigenvalue weighted by molar-refractivity contribution is -0.140. The number of nitrogens with one attached hydrogen (secondary N) is 2. The van der Waals surface area contributed by atoms with E-state index < -0.39 is 44.8 Å². The molecule has 1 aromatic carbocycles. The smallest absolute Gasteiger partial charge is 0.259 e. The van der Waals surface area contributed by atoms with E-state index in [-0.39, 0.29) is 43.6 Å². The van der Waals surface area contributed by atoms with Gasteiger partial charge in [-0.3, -0.25) is 19.1 Å². The third-order valence-corrected chi connectivity index (χ3v) is 11.9. The van der Waals surface area contributed by atoms with Crippen molar-refractivity contribution in [3.8, 4) is 11.6 Å². The lowest BCUT2D eigenvalue weighted by Crippen LogP contribution is -2.57. The third-order valence-electron chi connectivity index (χ3n) is 10.1. The highest BCUT2D eigenvalue weighted by Gasteiger charge is 2.62. The maximum Gasteiger partial charge on any atom is 0.259 e. The summed E-state index contributed by atoms with van der Waals surface area (Å²) in [5, 5.41) is 3.92. The summed E-state index contributed by atoms with van der Waals surface area (Å²) in [5.74, 6) is -0.211. The fraction of sp³-hybridized carbons (Fsp3) is 0.588. The topological polar surface area (TPSA) is 144 Å². The van der Waals surface area contributed by atoms with Crippen LogP contribution in [0.5, 0.6) is 11.6 Å². The minimum atomic E-state index is -3.85. The third kappa shape index (κ3) is 6.45. The molecule has 4 aliphatic rings. The van der Waals surface area contributed by atoms with Crippen molar-refractivity contribution in [3.63, 3.8) is 0 Å². The molecule has 46 heavy (non-hydrogen) atoms. The summed E-state index contributed by atoms with van der Waals surface area (Å²) in [7, 11) is -2.27. The molecule has 3 fully saturated rings. The van der Waals surface area contributed by atoms with Crippen LogP contribution >= 0.6 is 0 Å². The first kappa shape index (κ1) is 32.3. The molecule has 0 spiro atoms. The van der Waals surface area contributed by atoms with Crippen LogP contribution in [0.15, 0.2) is 42.6 Å². The lowest BCUT2D eigenvalue weighted by Gasteiger charge is -2.29. The number of aromatic nitrogens is 1. The second-order valence-electron chi connectivity index (χ2n) is 13.7. The minimum absolute atomic E-state index is 0.120. The number of ether oxygens (including phenoxy) is 2. The highest BCUT2D eigenvalue weighted by molar-refractivity contribution is 7.90. The van der Waals surface area contributed by atoms with Gasteiger partial charge >= 0.3 is 0 Å². The van der Waals surface area contributed by atoms with Crippen LogP contribution in [0, 0.1) is 17.8 Å². The molecule has 2 aliphatic heterocycles. The van der Waals surface area contributed by atoms with Gasteiger partial charge in [0.1, 0.15) is 23.4 Å². The molecular weight excluding hydrogens is 608 g/mol. The summed E-state index contributed by atoms with van der Waals surface area (Å²) in [4.78, 5) is 47.5. The standard InChI is InChI=1S/C34H44N4O7S/c1-21-9-4-5-10-23-18-34(23,33(41)37-46(42,43)25-11-8-12-25)36-31(40)28-17-24(20-38(28)30(39)16-22(2)15-21)45-32-27-14-7-6-13-26(27)29(44-3)19-35-32/h5-7,10,13-14,19,21-25,28H,4,8-9,11-12,15-18,20H2,1-3H3,(H,36,40)(H,37,41)/b10-5-/t21-,22-,23?,24-,28+,34-/m1/s1. The maximum atomic E-state index is 14.1. The molecule has 0 radical (unpaired) electrons. The number of fused-ring (bicyclic) bond motifs is 3. The van der Waals surface area contributed by atoms with Gasteiger partial charge in [-0.2, -0.15) is 0 Å². The Morgan fingerprint density at radius 3 is 2.57 bits per heavy atom. The molecule has 2 aliphatic carbocycles. The SMILES string of the molecule is COc1cnc(O[C@@H]2C[C@H]3C(=O)N[C@]4(C(=O)NS(=O)(=O)C5CCC5)CC4/C=C\CC[C@@H](C)C[C@@H](C)CC(=O)N3C2)c2ccccc12. The van der Waals surface area contributed by atoms with Crippen molar-refractivity contribution < 1.29 is 32.3 Å². The van der Waals surface area contributed by atoms with Crippen molar-refractivity contribution in [1.29, 1.82) is 0 Å². The van der Waals surface area contributed by atoms with Crippen LogP contribution in [0.25, 0.3) is 10.8 Å². The van der Waals surface area contributed by atoms with E-state index in [1.807, 2.05) is 36.4 Å². The van der Waals surface area contributed by atoms with E-state index in [1.165, 1.54) is 0 Å². The van der Waals surface area contributed by atoms with Gasteiger partial charge in [0, 0.05) is 29.5 Å². The maximum absolute atomic E-state index is 14.1. The molecule has 2 aromatic rings. The van der Waals surface area contributed by atoms with Crippen LogP contribution in [0.4, 0.5) is 0 Å². The zero-order valence-electron chi connectivity index (χ0n) is 26.7. The zero-order valence-corrected chi connectivity index (χ0v) is 27.6. The van der Waals surface area contributed by atoms with E-state index in [0.717, 1.165) is 36.5 Å². The summed E-state index contributed by atoms with van der Waals surface area (Å²) >= 11 is 0. The van der Waals surface area contributed by atoms with E-state index >= 15 is 0 Å². The van der Waals surface area contributed by atoms with Gasteiger partial charge < -0.3 is 19.7 Å². The van der Waals surface area contributed by atoms with E-state index in [2.05, 4.69) is 28.9 Å². The largest absolute Gasteiger partial charge is 0.494 e. The summed E-state index contributed by atoms with van der Waals surface area (Å²) in [6.45, 7) is 4.42. The Morgan fingerprint density at radius 2 is 1.85 bits per heavy atom. The number of carbonyl (C=O) groups is 3. The number of amides is 3. The van der Waals surface area contributed by atoms with E-state index in [1.54, 1.807) is 18.2 Å². The molecule has 1 aromatic heterocycles. The summed E-state index contributed by atoms with van der Waals surface area (Å²) < 4.78 is 39.9. The normalized spacial score (nSPS) is 31.4. The van der Waals surface area contributed by atoms with Crippen molar-refractivity contribution in [2.45, 2.75) is 94.6 Å². The summed E-state index contributed by atoms with van der Waals surface area (Å²) in [6.07, 6.45) is 10.2. The molecule has 11 nitrogen and oxygen atoms in total. The molecule has 1 saturated heterocycles. The Labute approximate surface area is 270 Å². The zero-order chi connectivity index (χ0) is 32.6. The number of hydrogen-bond acceptors (Lipinski definition) is 8. The van der Waals surface area contributed by atoms with Gasteiger partial charge in [0.05, 0.1) is 25.1 Å². The number of nitrogens with zero attached hydrogens (tertiary/aromatic N) is 2. The summed E-state index contributed by atoms with van der Waals surface area (Å²) in [6, 6.07) is 6.68. The molecule has 3 heterocycles. The van der Waals surface area contributed by atoms with Crippen molar-refractivity contribution in [2.75, 3.05) is 13.7 Å². The van der Waals surface area contributed by atoms with Crippen molar-refractivity contribution in [2.24, 2.45) is 17.8 Å². The summed E-state index contributed by atoms with van der Waals surface area (Å²) in [5.41, 5.74) is -1.40. The number of hydrogen-bond donors (Lipinski definition) is 2. The van der Waals surface area contributed by atoms with Crippen molar-refractivity contribution >= 4 is 38.5 Å². The average molecular weight is 653 g/mol. The number of allylic oxidation sites excluding steroid dienone is 1. The molecule has 2 N–H and O–H groups in total. The Bertz CT molecular complexity index is 1640. The van der Waals surface area contributed by atoms with Gasteiger partial charge in [-0.05, 0) is 56.4 Å². The first-order valence-electron chi connectivity index (χ1n) is 16.4. The highest BCUT2D eigenvalue weighted by Crippen LogP contribution is 2.46. The van der Waals surface area contributed by atoms with Gasteiger partial charge in [0.25, 0.3) is 5.91 Å². The molecule has 2 saturated carbocycles. The number of pyridine rings is 1. The Morgan fingerprint density at radius 1 is 1.09 bits per heavy atom. The fourth-order valence-electron chi connectivity index (χ4n) is 7.18. The second-order valence-corrected chi connectivity index (χ2v) is 15.6. The lowest BCUT2D eigenvalue weighted by atomic mass is 9.91. The van der Waals surface area contributed by atoms with Crippen LogP contribution in [0.3, 0.4) is 0 Å². The van der Waals surface area contributed by atoms with Gasteiger partial charge in [-0.1, -0.05) is 50.6 Å². The number of carbonyl (C=O) groups excluding carboxylic acids is 3. The molecule has 3 amide bonds. The number of methoxy groups -OCH3 is 1. The van der Waals surface area contributed by atoms with E-state index in [0.29, 0.717) is 30.4 Å². The van der Waals surface area contributed by atoms with Crippen LogP contribution < -0.4 is 19.5 Å².